The highest BCUT2D eigenvalue weighted by Crippen LogP contribution is 2.27. The number of aryl methyl sites for hydroxylation is 1. The summed E-state index contributed by atoms with van der Waals surface area (Å²) in [6.45, 7) is 5.14. The number of pyridine rings is 1. The van der Waals surface area contributed by atoms with E-state index in [2.05, 4.69) is 15.2 Å². The first kappa shape index (κ1) is 15.5. The number of halogens is 1. The number of nitrogens with one attached hydrogen (secondary N) is 1. The molecule has 4 nitrogen and oxygen atoms in total. The van der Waals surface area contributed by atoms with E-state index in [0.29, 0.717) is 15.7 Å². The van der Waals surface area contributed by atoms with Crippen LogP contribution in [0.25, 0.3) is 0 Å². The van der Waals surface area contributed by atoms with Crippen LogP contribution < -0.4 is 5.32 Å². The Balaban J connectivity index is 1.63. The molecule has 0 bridgehead atoms. The summed E-state index contributed by atoms with van der Waals surface area (Å²) in [6, 6.07) is 3.86. The molecule has 22 heavy (non-hydrogen) atoms. The topological polar surface area (TPSA) is 45.2 Å². The average molecular weight is 336 g/mol. The van der Waals surface area contributed by atoms with Crippen LogP contribution in [-0.2, 0) is 6.54 Å². The van der Waals surface area contributed by atoms with Crippen molar-refractivity contribution in [1.82, 2.24) is 9.88 Å². The van der Waals surface area contributed by atoms with E-state index in [1.54, 1.807) is 0 Å². The van der Waals surface area contributed by atoms with Gasteiger partial charge in [-0.2, -0.15) is 0 Å². The van der Waals surface area contributed by atoms with Gasteiger partial charge >= 0.3 is 0 Å². The van der Waals surface area contributed by atoms with E-state index >= 15 is 0 Å². The fraction of sp³-hybridized carbons (Fsp3) is 0.375. The number of rotatable bonds is 4. The Bertz CT molecular complexity index is 663. The standard InChI is InChI=1S/C16H18ClN3OS/c1-11-10-22-15(14(11)17)16(21)19-13-5-4-12(8-18-13)9-20-6-2-3-7-20/h4-5,8,10H,2-3,6-7,9H2,1H3,(H,18,19,21). The first-order valence-corrected chi connectivity index (χ1v) is 8.61. The Morgan fingerprint density at radius 2 is 2.18 bits per heavy atom. The highest BCUT2D eigenvalue weighted by Gasteiger charge is 2.15. The second kappa shape index (κ2) is 6.77. The van der Waals surface area contributed by atoms with Crippen LogP contribution in [0.4, 0.5) is 5.82 Å². The van der Waals surface area contributed by atoms with Crippen molar-refractivity contribution in [3.63, 3.8) is 0 Å². The Labute approximate surface area is 139 Å². The zero-order valence-electron chi connectivity index (χ0n) is 12.4. The molecule has 3 rings (SSSR count). The maximum atomic E-state index is 12.2. The fourth-order valence-electron chi connectivity index (χ4n) is 2.55. The van der Waals surface area contributed by atoms with E-state index in [0.717, 1.165) is 25.2 Å². The smallest absolute Gasteiger partial charge is 0.268 e. The molecular weight excluding hydrogens is 318 g/mol. The van der Waals surface area contributed by atoms with Crippen LogP contribution in [0.2, 0.25) is 5.02 Å². The van der Waals surface area contributed by atoms with Gasteiger partial charge in [0.05, 0.1) is 5.02 Å². The lowest BCUT2D eigenvalue weighted by atomic mass is 10.2. The molecule has 0 spiro atoms. The number of thiophene rings is 1. The van der Waals surface area contributed by atoms with E-state index in [1.165, 1.54) is 29.7 Å². The quantitative estimate of drug-likeness (QED) is 0.920. The van der Waals surface area contributed by atoms with Crippen molar-refractivity contribution in [2.45, 2.75) is 26.3 Å². The molecule has 0 saturated carbocycles. The molecule has 6 heteroatoms. The molecule has 0 unspecified atom stereocenters. The third-order valence-electron chi connectivity index (χ3n) is 3.78. The number of aromatic nitrogens is 1. The fourth-order valence-corrected chi connectivity index (χ4v) is 3.72. The van der Waals surface area contributed by atoms with Gasteiger partial charge in [0.2, 0.25) is 0 Å². The van der Waals surface area contributed by atoms with E-state index in [4.69, 9.17) is 11.6 Å². The Morgan fingerprint density at radius 1 is 1.41 bits per heavy atom. The predicted octanol–water partition coefficient (Wildman–Crippen LogP) is 3.95. The molecule has 0 aromatic carbocycles. The predicted molar refractivity (Wildman–Crippen MR) is 90.8 cm³/mol. The van der Waals surface area contributed by atoms with Crippen LogP contribution in [0.15, 0.2) is 23.7 Å². The van der Waals surface area contributed by atoms with Crippen LogP contribution in [0.3, 0.4) is 0 Å². The molecule has 1 amide bonds. The summed E-state index contributed by atoms with van der Waals surface area (Å²) in [5, 5.41) is 5.20. The highest BCUT2D eigenvalue weighted by molar-refractivity contribution is 7.13. The van der Waals surface area contributed by atoms with Crippen molar-refractivity contribution >= 4 is 34.7 Å². The van der Waals surface area contributed by atoms with Crippen molar-refractivity contribution in [2.75, 3.05) is 18.4 Å². The monoisotopic (exact) mass is 335 g/mol. The summed E-state index contributed by atoms with van der Waals surface area (Å²) in [7, 11) is 0. The summed E-state index contributed by atoms with van der Waals surface area (Å²) in [5.41, 5.74) is 2.09. The third-order valence-corrected chi connectivity index (χ3v) is 5.47. The van der Waals surface area contributed by atoms with Crippen molar-refractivity contribution in [2.24, 2.45) is 0 Å². The average Bonchev–Trinajstić information content (AvgIpc) is 3.12. The lowest BCUT2D eigenvalue weighted by Crippen LogP contribution is -2.18. The molecule has 3 heterocycles. The minimum atomic E-state index is -0.206. The second-order valence-electron chi connectivity index (χ2n) is 5.55. The first-order valence-electron chi connectivity index (χ1n) is 7.36. The van der Waals surface area contributed by atoms with Gasteiger partial charge in [0, 0.05) is 12.7 Å². The highest BCUT2D eigenvalue weighted by atomic mass is 35.5. The molecule has 1 aliphatic heterocycles. The minimum absolute atomic E-state index is 0.206. The van der Waals surface area contributed by atoms with Crippen molar-refractivity contribution < 1.29 is 4.79 Å². The number of hydrogen-bond acceptors (Lipinski definition) is 4. The number of anilines is 1. The van der Waals surface area contributed by atoms with E-state index < -0.39 is 0 Å². The summed E-state index contributed by atoms with van der Waals surface area (Å²) in [4.78, 5) is 19.5. The maximum Gasteiger partial charge on any atom is 0.268 e. The van der Waals surface area contributed by atoms with E-state index in [-0.39, 0.29) is 5.91 Å². The Morgan fingerprint density at radius 3 is 2.77 bits per heavy atom. The molecule has 2 aromatic heterocycles. The van der Waals surface area contributed by atoms with Gasteiger partial charge < -0.3 is 5.32 Å². The number of hydrogen-bond donors (Lipinski definition) is 1. The normalized spacial score (nSPS) is 15.2. The number of carbonyl (C=O) groups excluding carboxylic acids is 1. The lowest BCUT2D eigenvalue weighted by Gasteiger charge is -2.14. The summed E-state index contributed by atoms with van der Waals surface area (Å²) >= 11 is 7.46. The minimum Gasteiger partial charge on any atom is -0.306 e. The van der Waals surface area contributed by atoms with Crippen molar-refractivity contribution in [3.8, 4) is 0 Å². The Kier molecular flexibility index (Phi) is 4.76. The molecule has 1 aliphatic rings. The molecule has 1 fully saturated rings. The summed E-state index contributed by atoms with van der Waals surface area (Å²) in [5.74, 6) is 0.347. The summed E-state index contributed by atoms with van der Waals surface area (Å²) < 4.78 is 0. The van der Waals surface area contributed by atoms with E-state index in [1.807, 2.05) is 30.6 Å². The molecule has 0 atom stereocenters. The van der Waals surface area contributed by atoms with Gasteiger partial charge in [-0.1, -0.05) is 17.7 Å². The van der Waals surface area contributed by atoms with Gasteiger partial charge in [0.1, 0.15) is 10.7 Å². The molecule has 116 valence electrons. The van der Waals surface area contributed by atoms with Crippen molar-refractivity contribution in [1.29, 1.82) is 0 Å². The summed E-state index contributed by atoms with van der Waals surface area (Å²) in [6.07, 6.45) is 4.39. The number of nitrogens with zero attached hydrogens (tertiary/aromatic N) is 2. The molecule has 1 N–H and O–H groups in total. The lowest BCUT2D eigenvalue weighted by molar-refractivity contribution is 0.103. The zero-order valence-corrected chi connectivity index (χ0v) is 14.0. The number of carbonyl (C=O) groups is 1. The van der Waals surface area contributed by atoms with Gasteiger partial charge in [-0.3, -0.25) is 9.69 Å². The third kappa shape index (κ3) is 3.48. The van der Waals surface area contributed by atoms with Gasteiger partial charge in [0.25, 0.3) is 5.91 Å². The molecular formula is C16H18ClN3OS. The molecule has 0 aliphatic carbocycles. The van der Waals surface area contributed by atoms with E-state index in [9.17, 15) is 4.79 Å². The maximum absolute atomic E-state index is 12.2. The second-order valence-corrected chi connectivity index (χ2v) is 6.81. The number of amides is 1. The molecule has 0 radical (unpaired) electrons. The Hall–Kier alpha value is -1.43. The largest absolute Gasteiger partial charge is 0.306 e. The van der Waals surface area contributed by atoms with Gasteiger partial charge in [-0.15, -0.1) is 11.3 Å². The molecule has 2 aromatic rings. The van der Waals surface area contributed by atoms with Crippen molar-refractivity contribution in [3.05, 3.63) is 44.7 Å². The van der Waals surface area contributed by atoms with Crippen LogP contribution in [-0.4, -0.2) is 28.9 Å². The first-order chi connectivity index (χ1) is 10.6. The van der Waals surface area contributed by atoms with Crippen LogP contribution in [0.1, 0.15) is 33.6 Å². The van der Waals surface area contributed by atoms with Gasteiger partial charge in [-0.25, -0.2) is 4.98 Å². The SMILES string of the molecule is Cc1csc(C(=O)Nc2ccc(CN3CCCC3)cn2)c1Cl. The number of likely N-dealkylation sites (tertiary alicyclic amines) is 1. The zero-order chi connectivity index (χ0) is 15.5. The van der Waals surface area contributed by atoms with Gasteiger partial charge in [0.15, 0.2) is 0 Å². The van der Waals surface area contributed by atoms with Crippen LogP contribution in [0, 0.1) is 6.92 Å². The molecule has 1 saturated heterocycles. The van der Waals surface area contributed by atoms with Crippen LogP contribution >= 0.6 is 22.9 Å². The van der Waals surface area contributed by atoms with Crippen LogP contribution in [0.5, 0.6) is 0 Å². The van der Waals surface area contributed by atoms with Gasteiger partial charge in [-0.05, 0) is 55.4 Å².